The summed E-state index contributed by atoms with van der Waals surface area (Å²) >= 11 is 0. The van der Waals surface area contributed by atoms with Gasteiger partial charge in [0.15, 0.2) is 0 Å². The van der Waals surface area contributed by atoms with Gasteiger partial charge in [0, 0.05) is 25.3 Å². The Balaban J connectivity index is 1.64. The number of aryl methyl sites for hydroxylation is 1. The van der Waals surface area contributed by atoms with Crippen molar-refractivity contribution in [3.8, 4) is 0 Å². The molecule has 1 fully saturated rings. The van der Waals surface area contributed by atoms with Crippen LogP contribution >= 0.6 is 0 Å². The number of carbonyl (C=O) groups is 1. The van der Waals surface area contributed by atoms with Crippen LogP contribution in [0.25, 0.3) is 0 Å². The Morgan fingerprint density at radius 3 is 2.85 bits per heavy atom. The maximum absolute atomic E-state index is 11.8. The topological polar surface area (TPSA) is 59.0 Å². The van der Waals surface area contributed by atoms with E-state index in [1.807, 2.05) is 23.9 Å². The van der Waals surface area contributed by atoms with E-state index in [-0.39, 0.29) is 6.03 Å². The predicted molar refractivity (Wildman–Crippen MR) is 79.5 cm³/mol. The Morgan fingerprint density at radius 2 is 2.20 bits per heavy atom. The molecule has 5 heteroatoms. The fraction of sp³-hybridized carbons (Fsp3) is 0.733. The molecule has 0 unspecified atom stereocenters. The predicted octanol–water partition coefficient (Wildman–Crippen LogP) is 2.46. The summed E-state index contributed by atoms with van der Waals surface area (Å²) in [5.41, 5.74) is 1.03. The molecule has 0 aromatic carbocycles. The van der Waals surface area contributed by atoms with Gasteiger partial charge in [-0.1, -0.05) is 26.2 Å². The van der Waals surface area contributed by atoms with E-state index in [9.17, 15) is 4.79 Å². The third-order valence-electron chi connectivity index (χ3n) is 3.82. The number of hydrogen-bond acceptors (Lipinski definition) is 2. The first-order valence-corrected chi connectivity index (χ1v) is 7.68. The average molecular weight is 278 g/mol. The Labute approximate surface area is 121 Å². The zero-order valence-corrected chi connectivity index (χ0v) is 12.6. The molecule has 1 atom stereocenters. The summed E-state index contributed by atoms with van der Waals surface area (Å²) in [7, 11) is 0. The van der Waals surface area contributed by atoms with Crippen molar-refractivity contribution in [2.24, 2.45) is 5.92 Å². The van der Waals surface area contributed by atoms with E-state index in [1.165, 1.54) is 19.3 Å². The zero-order chi connectivity index (χ0) is 14.4. The van der Waals surface area contributed by atoms with Gasteiger partial charge in [-0.2, -0.15) is 5.10 Å². The molecule has 0 spiro atoms. The van der Waals surface area contributed by atoms with Crippen LogP contribution in [0.15, 0.2) is 12.3 Å². The van der Waals surface area contributed by atoms with Crippen molar-refractivity contribution in [2.75, 3.05) is 6.54 Å². The standard InChI is InChI=1S/C15H26N4O/c1-12(11-19-9-8-13(2)18-19)10-16-15(20)17-14-6-4-3-5-7-14/h8-9,12,14H,3-7,10-11H2,1-2H3,(H2,16,17,20)/t12-/m1/s1. The molecule has 1 heterocycles. The van der Waals surface area contributed by atoms with Crippen molar-refractivity contribution in [3.63, 3.8) is 0 Å². The van der Waals surface area contributed by atoms with Crippen LogP contribution in [0.5, 0.6) is 0 Å². The van der Waals surface area contributed by atoms with E-state index in [2.05, 4.69) is 22.7 Å². The molecular weight excluding hydrogens is 252 g/mol. The van der Waals surface area contributed by atoms with Gasteiger partial charge in [-0.05, 0) is 31.7 Å². The smallest absolute Gasteiger partial charge is 0.315 e. The van der Waals surface area contributed by atoms with Crippen molar-refractivity contribution >= 4 is 6.03 Å². The normalized spacial score (nSPS) is 17.7. The molecule has 1 aliphatic rings. The van der Waals surface area contributed by atoms with E-state index in [4.69, 9.17) is 0 Å². The first-order chi connectivity index (χ1) is 9.63. The quantitative estimate of drug-likeness (QED) is 0.869. The summed E-state index contributed by atoms with van der Waals surface area (Å²) in [4.78, 5) is 11.8. The summed E-state index contributed by atoms with van der Waals surface area (Å²) in [6.45, 7) is 5.62. The molecule has 112 valence electrons. The minimum atomic E-state index is -0.0274. The summed E-state index contributed by atoms with van der Waals surface area (Å²) in [5, 5.41) is 10.4. The Hall–Kier alpha value is -1.52. The maximum atomic E-state index is 11.8. The van der Waals surface area contributed by atoms with Gasteiger partial charge >= 0.3 is 6.03 Å². The number of hydrogen-bond donors (Lipinski definition) is 2. The third kappa shape index (κ3) is 4.87. The summed E-state index contributed by atoms with van der Waals surface area (Å²) in [6, 6.07) is 2.34. The first-order valence-electron chi connectivity index (χ1n) is 7.68. The van der Waals surface area contributed by atoms with Crippen molar-refractivity contribution < 1.29 is 4.79 Å². The summed E-state index contributed by atoms with van der Waals surface area (Å²) in [6.07, 6.45) is 8.00. The van der Waals surface area contributed by atoms with Gasteiger partial charge in [-0.25, -0.2) is 4.79 Å². The summed E-state index contributed by atoms with van der Waals surface area (Å²) < 4.78 is 1.93. The molecule has 0 bridgehead atoms. The van der Waals surface area contributed by atoms with Crippen LogP contribution in [0, 0.1) is 12.8 Å². The lowest BCUT2D eigenvalue weighted by atomic mass is 9.96. The molecule has 1 saturated carbocycles. The second kappa shape index (κ2) is 7.31. The second-order valence-electron chi connectivity index (χ2n) is 5.97. The van der Waals surface area contributed by atoms with Gasteiger partial charge in [-0.3, -0.25) is 4.68 Å². The van der Waals surface area contributed by atoms with Crippen LogP contribution in [0.2, 0.25) is 0 Å². The molecule has 20 heavy (non-hydrogen) atoms. The highest BCUT2D eigenvalue weighted by Crippen LogP contribution is 2.17. The van der Waals surface area contributed by atoms with Gasteiger partial charge in [0.2, 0.25) is 0 Å². The monoisotopic (exact) mass is 278 g/mol. The number of nitrogens with zero attached hydrogens (tertiary/aromatic N) is 2. The lowest BCUT2D eigenvalue weighted by molar-refractivity contribution is 0.230. The maximum Gasteiger partial charge on any atom is 0.315 e. The fourth-order valence-corrected chi connectivity index (χ4v) is 2.70. The van der Waals surface area contributed by atoms with E-state index in [1.54, 1.807) is 0 Å². The van der Waals surface area contributed by atoms with Gasteiger partial charge in [0.1, 0.15) is 0 Å². The Bertz CT molecular complexity index is 423. The number of carbonyl (C=O) groups excluding carboxylic acids is 1. The number of urea groups is 1. The minimum absolute atomic E-state index is 0.0274. The van der Waals surface area contributed by atoms with Gasteiger partial charge in [-0.15, -0.1) is 0 Å². The molecule has 5 nitrogen and oxygen atoms in total. The molecule has 2 N–H and O–H groups in total. The average Bonchev–Trinajstić information content (AvgIpc) is 2.83. The number of amides is 2. The van der Waals surface area contributed by atoms with E-state index in [0.717, 1.165) is 25.1 Å². The van der Waals surface area contributed by atoms with Crippen LogP contribution in [0.4, 0.5) is 4.79 Å². The molecule has 0 aliphatic heterocycles. The lowest BCUT2D eigenvalue weighted by Crippen LogP contribution is -2.44. The zero-order valence-electron chi connectivity index (χ0n) is 12.6. The first kappa shape index (κ1) is 14.9. The van der Waals surface area contributed by atoms with Crippen LogP contribution in [0.3, 0.4) is 0 Å². The van der Waals surface area contributed by atoms with Gasteiger partial charge in [0.05, 0.1) is 5.69 Å². The third-order valence-corrected chi connectivity index (χ3v) is 3.82. The van der Waals surface area contributed by atoms with Crippen molar-refractivity contribution in [2.45, 2.75) is 58.5 Å². The highest BCUT2D eigenvalue weighted by molar-refractivity contribution is 5.74. The van der Waals surface area contributed by atoms with Crippen molar-refractivity contribution in [1.82, 2.24) is 20.4 Å². The van der Waals surface area contributed by atoms with E-state index >= 15 is 0 Å². The van der Waals surface area contributed by atoms with Crippen LogP contribution in [-0.2, 0) is 6.54 Å². The summed E-state index contributed by atoms with van der Waals surface area (Å²) in [5.74, 6) is 0.367. The largest absolute Gasteiger partial charge is 0.338 e. The molecule has 2 amide bonds. The number of nitrogens with one attached hydrogen (secondary N) is 2. The molecule has 1 aliphatic carbocycles. The lowest BCUT2D eigenvalue weighted by Gasteiger charge is -2.23. The van der Waals surface area contributed by atoms with Gasteiger partial charge < -0.3 is 10.6 Å². The van der Waals surface area contributed by atoms with Crippen LogP contribution < -0.4 is 10.6 Å². The molecular formula is C15H26N4O. The Morgan fingerprint density at radius 1 is 1.45 bits per heavy atom. The van der Waals surface area contributed by atoms with Gasteiger partial charge in [0.25, 0.3) is 0 Å². The number of rotatable bonds is 5. The fourth-order valence-electron chi connectivity index (χ4n) is 2.70. The number of aromatic nitrogens is 2. The molecule has 1 aromatic rings. The van der Waals surface area contributed by atoms with Crippen molar-refractivity contribution in [3.05, 3.63) is 18.0 Å². The highest BCUT2D eigenvalue weighted by Gasteiger charge is 2.15. The highest BCUT2D eigenvalue weighted by atomic mass is 16.2. The minimum Gasteiger partial charge on any atom is -0.338 e. The molecule has 1 aromatic heterocycles. The molecule has 2 rings (SSSR count). The van der Waals surface area contributed by atoms with Crippen LogP contribution in [0.1, 0.15) is 44.7 Å². The SMILES string of the molecule is Cc1ccn(C[C@H](C)CNC(=O)NC2CCCCC2)n1. The second-order valence-corrected chi connectivity index (χ2v) is 5.97. The Kier molecular flexibility index (Phi) is 5.44. The van der Waals surface area contributed by atoms with E-state index in [0.29, 0.717) is 18.5 Å². The van der Waals surface area contributed by atoms with E-state index < -0.39 is 0 Å². The molecule has 0 saturated heterocycles. The molecule has 0 radical (unpaired) electrons. The van der Waals surface area contributed by atoms with Crippen LogP contribution in [-0.4, -0.2) is 28.4 Å². The van der Waals surface area contributed by atoms with Crippen molar-refractivity contribution in [1.29, 1.82) is 0 Å².